The maximum absolute atomic E-state index is 12.0. The lowest BCUT2D eigenvalue weighted by Gasteiger charge is -2.10. The standard InChI is InChI=1S/C16H17ClN2OS/c1-10-4-3-5-15(11(10)2)19-16(20)9-21-12-6-7-14(18)13(17)8-12/h3-8H,9,18H2,1-2H3,(H,19,20). The summed E-state index contributed by atoms with van der Waals surface area (Å²) >= 11 is 7.39. The molecule has 2 aromatic carbocycles. The highest BCUT2D eigenvalue weighted by atomic mass is 35.5. The number of thioether (sulfide) groups is 1. The Balaban J connectivity index is 1.96. The van der Waals surface area contributed by atoms with Gasteiger partial charge in [-0.05, 0) is 49.2 Å². The van der Waals surface area contributed by atoms with Gasteiger partial charge < -0.3 is 11.1 Å². The van der Waals surface area contributed by atoms with Gasteiger partial charge in [0.25, 0.3) is 0 Å². The van der Waals surface area contributed by atoms with Crippen LogP contribution in [0.4, 0.5) is 11.4 Å². The molecule has 0 aliphatic rings. The molecule has 0 aliphatic carbocycles. The first-order chi connectivity index (χ1) is 9.97. The first-order valence-corrected chi connectivity index (χ1v) is 7.87. The summed E-state index contributed by atoms with van der Waals surface area (Å²) in [4.78, 5) is 12.9. The van der Waals surface area contributed by atoms with Crippen LogP contribution in [0.25, 0.3) is 0 Å². The van der Waals surface area contributed by atoms with Gasteiger partial charge >= 0.3 is 0 Å². The summed E-state index contributed by atoms with van der Waals surface area (Å²) in [6.07, 6.45) is 0. The monoisotopic (exact) mass is 320 g/mol. The highest BCUT2D eigenvalue weighted by molar-refractivity contribution is 8.00. The number of nitrogen functional groups attached to an aromatic ring is 1. The van der Waals surface area contributed by atoms with Crippen molar-refractivity contribution < 1.29 is 4.79 Å². The number of aryl methyl sites for hydroxylation is 1. The molecule has 0 unspecified atom stereocenters. The van der Waals surface area contributed by atoms with Crippen LogP contribution in [-0.2, 0) is 4.79 Å². The Morgan fingerprint density at radius 2 is 2.05 bits per heavy atom. The predicted octanol–water partition coefficient (Wildman–Crippen LogP) is 4.27. The van der Waals surface area contributed by atoms with Crippen molar-refractivity contribution >= 4 is 40.6 Å². The van der Waals surface area contributed by atoms with Gasteiger partial charge in [-0.1, -0.05) is 23.7 Å². The van der Waals surface area contributed by atoms with Crippen LogP contribution in [0.2, 0.25) is 5.02 Å². The van der Waals surface area contributed by atoms with Gasteiger partial charge in [0.1, 0.15) is 0 Å². The van der Waals surface area contributed by atoms with Gasteiger partial charge in [-0.25, -0.2) is 0 Å². The Labute approximate surface area is 133 Å². The number of nitrogens with two attached hydrogens (primary N) is 1. The van der Waals surface area contributed by atoms with Crippen molar-refractivity contribution in [1.29, 1.82) is 0 Å². The Hall–Kier alpha value is -1.65. The minimum atomic E-state index is -0.0401. The number of rotatable bonds is 4. The van der Waals surface area contributed by atoms with E-state index in [0.717, 1.165) is 21.7 Å². The summed E-state index contributed by atoms with van der Waals surface area (Å²) in [6, 6.07) is 11.2. The minimum absolute atomic E-state index is 0.0401. The molecule has 0 radical (unpaired) electrons. The fraction of sp³-hybridized carbons (Fsp3) is 0.188. The maximum atomic E-state index is 12.0. The molecule has 0 fully saturated rings. The third-order valence-corrected chi connectivity index (χ3v) is 4.54. The smallest absolute Gasteiger partial charge is 0.234 e. The van der Waals surface area contributed by atoms with Crippen molar-refractivity contribution in [3.63, 3.8) is 0 Å². The topological polar surface area (TPSA) is 55.1 Å². The molecule has 0 heterocycles. The van der Waals surface area contributed by atoms with Crippen LogP contribution in [0.1, 0.15) is 11.1 Å². The lowest BCUT2D eigenvalue weighted by atomic mass is 10.1. The lowest BCUT2D eigenvalue weighted by molar-refractivity contribution is -0.113. The molecule has 0 saturated heterocycles. The average Bonchev–Trinajstić information content (AvgIpc) is 2.45. The zero-order valence-electron chi connectivity index (χ0n) is 11.9. The molecular formula is C16H17ClN2OS. The van der Waals surface area contributed by atoms with Gasteiger partial charge in [0.2, 0.25) is 5.91 Å². The van der Waals surface area contributed by atoms with E-state index in [4.69, 9.17) is 17.3 Å². The maximum Gasteiger partial charge on any atom is 0.234 e. The molecule has 3 nitrogen and oxygen atoms in total. The largest absolute Gasteiger partial charge is 0.398 e. The van der Waals surface area contributed by atoms with Crippen LogP contribution in [-0.4, -0.2) is 11.7 Å². The average molecular weight is 321 g/mol. The fourth-order valence-electron chi connectivity index (χ4n) is 1.82. The molecule has 3 N–H and O–H groups in total. The van der Waals surface area contributed by atoms with Gasteiger partial charge in [-0.3, -0.25) is 4.79 Å². The fourth-order valence-corrected chi connectivity index (χ4v) is 2.80. The summed E-state index contributed by atoms with van der Waals surface area (Å²) in [5.41, 5.74) is 9.30. The van der Waals surface area contributed by atoms with Gasteiger partial charge in [-0.15, -0.1) is 11.8 Å². The van der Waals surface area contributed by atoms with Crippen LogP contribution < -0.4 is 11.1 Å². The quantitative estimate of drug-likeness (QED) is 0.653. The molecule has 2 aromatic rings. The van der Waals surface area contributed by atoms with E-state index >= 15 is 0 Å². The molecule has 0 spiro atoms. The molecule has 2 rings (SSSR count). The van der Waals surface area contributed by atoms with Crippen LogP contribution >= 0.6 is 23.4 Å². The van der Waals surface area contributed by atoms with E-state index in [9.17, 15) is 4.79 Å². The molecular weight excluding hydrogens is 304 g/mol. The van der Waals surface area contributed by atoms with Crippen molar-refractivity contribution in [3.05, 3.63) is 52.5 Å². The Morgan fingerprint density at radius 3 is 2.76 bits per heavy atom. The lowest BCUT2D eigenvalue weighted by Crippen LogP contribution is -2.15. The van der Waals surface area contributed by atoms with Crippen LogP contribution in [0.3, 0.4) is 0 Å². The zero-order valence-corrected chi connectivity index (χ0v) is 13.5. The van der Waals surface area contributed by atoms with Crippen molar-refractivity contribution in [3.8, 4) is 0 Å². The van der Waals surface area contributed by atoms with Crippen molar-refractivity contribution in [2.24, 2.45) is 0 Å². The zero-order chi connectivity index (χ0) is 15.4. The van der Waals surface area contributed by atoms with E-state index in [1.807, 2.05) is 38.1 Å². The number of hydrogen-bond acceptors (Lipinski definition) is 3. The molecule has 0 bridgehead atoms. The van der Waals surface area contributed by atoms with Crippen molar-refractivity contribution in [1.82, 2.24) is 0 Å². The highest BCUT2D eigenvalue weighted by Gasteiger charge is 2.07. The predicted molar refractivity (Wildman–Crippen MR) is 91.1 cm³/mol. The van der Waals surface area contributed by atoms with Crippen LogP contribution in [0.15, 0.2) is 41.3 Å². The van der Waals surface area contributed by atoms with E-state index < -0.39 is 0 Å². The number of amides is 1. The highest BCUT2D eigenvalue weighted by Crippen LogP contribution is 2.26. The third kappa shape index (κ3) is 4.16. The second-order valence-electron chi connectivity index (χ2n) is 4.77. The molecule has 110 valence electrons. The van der Waals surface area contributed by atoms with Gasteiger partial charge in [0.05, 0.1) is 16.5 Å². The van der Waals surface area contributed by atoms with Crippen LogP contribution in [0, 0.1) is 13.8 Å². The van der Waals surface area contributed by atoms with Gasteiger partial charge in [-0.2, -0.15) is 0 Å². The number of carbonyl (C=O) groups excluding carboxylic acids is 1. The van der Waals surface area contributed by atoms with Crippen molar-refractivity contribution in [2.45, 2.75) is 18.7 Å². The molecule has 1 amide bonds. The van der Waals surface area contributed by atoms with Gasteiger partial charge in [0, 0.05) is 10.6 Å². The Morgan fingerprint density at radius 1 is 1.29 bits per heavy atom. The van der Waals surface area contributed by atoms with E-state index in [0.29, 0.717) is 16.5 Å². The first-order valence-electron chi connectivity index (χ1n) is 6.51. The molecule has 0 aliphatic heterocycles. The third-order valence-electron chi connectivity index (χ3n) is 3.22. The number of halogens is 1. The van der Waals surface area contributed by atoms with Gasteiger partial charge in [0.15, 0.2) is 0 Å². The van der Waals surface area contributed by atoms with E-state index in [1.165, 1.54) is 11.8 Å². The Bertz CT molecular complexity index is 673. The summed E-state index contributed by atoms with van der Waals surface area (Å²) in [5.74, 6) is 0.287. The van der Waals surface area contributed by atoms with E-state index in [2.05, 4.69) is 5.32 Å². The van der Waals surface area contributed by atoms with E-state index in [-0.39, 0.29) is 5.91 Å². The normalized spacial score (nSPS) is 10.4. The second kappa shape index (κ2) is 6.87. The minimum Gasteiger partial charge on any atom is -0.398 e. The molecule has 0 saturated carbocycles. The summed E-state index contributed by atoms with van der Waals surface area (Å²) in [6.45, 7) is 4.02. The molecule has 21 heavy (non-hydrogen) atoms. The molecule has 0 atom stereocenters. The second-order valence-corrected chi connectivity index (χ2v) is 6.22. The van der Waals surface area contributed by atoms with Crippen LogP contribution in [0.5, 0.6) is 0 Å². The summed E-state index contributed by atoms with van der Waals surface area (Å²) < 4.78 is 0. The molecule has 0 aromatic heterocycles. The number of benzene rings is 2. The number of anilines is 2. The Kier molecular flexibility index (Phi) is 5.15. The number of hydrogen-bond donors (Lipinski definition) is 2. The first kappa shape index (κ1) is 15.7. The molecule has 5 heteroatoms. The SMILES string of the molecule is Cc1cccc(NC(=O)CSc2ccc(N)c(Cl)c2)c1C. The number of nitrogens with one attached hydrogen (secondary N) is 1. The summed E-state index contributed by atoms with van der Waals surface area (Å²) in [7, 11) is 0. The number of carbonyl (C=O) groups is 1. The van der Waals surface area contributed by atoms with Crippen molar-refractivity contribution in [2.75, 3.05) is 16.8 Å². The summed E-state index contributed by atoms with van der Waals surface area (Å²) in [5, 5.41) is 3.44. The van der Waals surface area contributed by atoms with E-state index in [1.54, 1.807) is 12.1 Å².